The van der Waals surface area contributed by atoms with Gasteiger partial charge in [-0.2, -0.15) is 5.26 Å². The minimum atomic E-state index is -3.81. The van der Waals surface area contributed by atoms with Crippen LogP contribution in [0.15, 0.2) is 33.6 Å². The molecule has 0 atom stereocenters. The number of ketones is 1. The second-order valence-corrected chi connectivity index (χ2v) is 7.01. The Labute approximate surface area is 107 Å². The van der Waals surface area contributed by atoms with Gasteiger partial charge in [-0.25, -0.2) is 8.42 Å². The molecule has 0 N–H and O–H groups in total. The van der Waals surface area contributed by atoms with E-state index in [9.17, 15) is 13.2 Å². The molecule has 0 bridgehead atoms. The van der Waals surface area contributed by atoms with Crippen LogP contribution in [0.4, 0.5) is 0 Å². The molecule has 1 aromatic carbocycles. The number of sulfone groups is 1. The van der Waals surface area contributed by atoms with Gasteiger partial charge in [0, 0.05) is 17.3 Å². The molecule has 0 aliphatic heterocycles. The van der Waals surface area contributed by atoms with E-state index in [2.05, 4.69) is 15.9 Å². The summed E-state index contributed by atoms with van der Waals surface area (Å²) >= 11 is 3.15. The fraction of sp³-hybridized carbons (Fsp3) is 0.273. The standard InChI is InChI=1S/C11H8BrNO3S/c12-9-3-1-2-4-10(9)17(15,16)11(7-13)5-8(14)6-11/h1-4H,5-6H2. The molecule has 6 heteroatoms. The molecule has 1 aliphatic carbocycles. The summed E-state index contributed by atoms with van der Waals surface area (Å²) in [5, 5.41) is 9.05. The van der Waals surface area contributed by atoms with E-state index < -0.39 is 14.6 Å². The van der Waals surface area contributed by atoms with E-state index in [0.29, 0.717) is 4.47 Å². The number of carbonyl (C=O) groups excluding carboxylic acids is 1. The number of nitrogens with zero attached hydrogens (tertiary/aromatic N) is 1. The topological polar surface area (TPSA) is 75.0 Å². The van der Waals surface area contributed by atoms with Gasteiger partial charge in [0.25, 0.3) is 0 Å². The second-order valence-electron chi connectivity index (χ2n) is 3.93. The highest BCUT2D eigenvalue weighted by Crippen LogP contribution is 2.41. The van der Waals surface area contributed by atoms with Crippen LogP contribution in [-0.2, 0) is 14.6 Å². The van der Waals surface area contributed by atoms with Crippen molar-refractivity contribution in [1.29, 1.82) is 5.26 Å². The maximum absolute atomic E-state index is 12.3. The third-order valence-corrected chi connectivity index (χ3v) is 6.11. The van der Waals surface area contributed by atoms with Crippen molar-refractivity contribution in [3.05, 3.63) is 28.7 Å². The summed E-state index contributed by atoms with van der Waals surface area (Å²) in [6, 6.07) is 8.08. The van der Waals surface area contributed by atoms with Crippen molar-refractivity contribution in [2.75, 3.05) is 0 Å². The Bertz CT molecular complexity index is 622. The smallest absolute Gasteiger partial charge is 0.199 e. The summed E-state index contributed by atoms with van der Waals surface area (Å²) in [4.78, 5) is 11.1. The van der Waals surface area contributed by atoms with Crippen molar-refractivity contribution in [2.45, 2.75) is 22.5 Å². The average Bonchev–Trinajstić information content (AvgIpc) is 2.24. The van der Waals surface area contributed by atoms with E-state index in [1.165, 1.54) is 6.07 Å². The number of hydrogen-bond donors (Lipinski definition) is 0. The molecular formula is C11H8BrNO3S. The number of benzene rings is 1. The monoisotopic (exact) mass is 313 g/mol. The van der Waals surface area contributed by atoms with Crippen molar-refractivity contribution in [2.24, 2.45) is 0 Å². The molecule has 2 rings (SSSR count). The molecule has 4 nitrogen and oxygen atoms in total. The van der Waals surface area contributed by atoms with Gasteiger partial charge in [0.2, 0.25) is 0 Å². The molecular weight excluding hydrogens is 306 g/mol. The second kappa shape index (κ2) is 3.93. The first-order valence-electron chi connectivity index (χ1n) is 4.85. The minimum Gasteiger partial charge on any atom is -0.300 e. The third-order valence-electron chi connectivity index (χ3n) is 2.81. The molecule has 17 heavy (non-hydrogen) atoms. The maximum atomic E-state index is 12.3. The van der Waals surface area contributed by atoms with Gasteiger partial charge in [-0.05, 0) is 28.1 Å². The van der Waals surface area contributed by atoms with Crippen LogP contribution < -0.4 is 0 Å². The predicted molar refractivity (Wildman–Crippen MR) is 63.9 cm³/mol. The lowest BCUT2D eigenvalue weighted by Gasteiger charge is -2.33. The zero-order valence-electron chi connectivity index (χ0n) is 8.68. The number of halogens is 1. The summed E-state index contributed by atoms with van der Waals surface area (Å²) in [6.45, 7) is 0. The summed E-state index contributed by atoms with van der Waals surface area (Å²) < 4.78 is 23.5. The lowest BCUT2D eigenvalue weighted by molar-refractivity contribution is -0.124. The van der Waals surface area contributed by atoms with E-state index in [1.807, 2.05) is 0 Å². The van der Waals surface area contributed by atoms with Crippen molar-refractivity contribution >= 4 is 31.6 Å². The molecule has 0 heterocycles. The van der Waals surface area contributed by atoms with Crippen LogP contribution in [0.2, 0.25) is 0 Å². The van der Waals surface area contributed by atoms with E-state index in [4.69, 9.17) is 5.26 Å². The van der Waals surface area contributed by atoms with E-state index >= 15 is 0 Å². The van der Waals surface area contributed by atoms with Crippen LogP contribution in [0.3, 0.4) is 0 Å². The van der Waals surface area contributed by atoms with Crippen LogP contribution in [0.1, 0.15) is 12.8 Å². The van der Waals surface area contributed by atoms with Gasteiger partial charge < -0.3 is 0 Å². The highest BCUT2D eigenvalue weighted by molar-refractivity contribution is 9.10. The van der Waals surface area contributed by atoms with Crippen LogP contribution >= 0.6 is 15.9 Å². The fourth-order valence-electron chi connectivity index (χ4n) is 1.79. The Morgan fingerprint density at radius 2 is 1.88 bits per heavy atom. The normalized spacial score (nSPS) is 18.2. The fourth-order valence-corrected chi connectivity index (χ4v) is 4.54. The molecule has 1 fully saturated rings. The Morgan fingerprint density at radius 3 is 2.35 bits per heavy atom. The number of nitriles is 1. The van der Waals surface area contributed by atoms with Crippen LogP contribution in [0, 0.1) is 11.3 Å². The minimum absolute atomic E-state index is 0.0639. The quantitative estimate of drug-likeness (QED) is 0.835. The summed E-state index contributed by atoms with van der Waals surface area (Å²) in [5.41, 5.74) is 0. The Morgan fingerprint density at radius 1 is 1.29 bits per heavy atom. The van der Waals surface area contributed by atoms with Gasteiger partial charge in [0.1, 0.15) is 5.78 Å². The van der Waals surface area contributed by atoms with Crippen LogP contribution in [0.5, 0.6) is 0 Å². The molecule has 0 spiro atoms. The van der Waals surface area contributed by atoms with Crippen molar-refractivity contribution < 1.29 is 13.2 Å². The lowest BCUT2D eigenvalue weighted by atomic mass is 9.84. The van der Waals surface area contributed by atoms with Crippen LogP contribution in [0.25, 0.3) is 0 Å². The number of rotatable bonds is 2. The molecule has 1 aromatic rings. The molecule has 1 aliphatic rings. The van der Waals surface area contributed by atoms with Crippen molar-refractivity contribution in [3.8, 4) is 6.07 Å². The summed E-state index contributed by atoms with van der Waals surface area (Å²) in [7, 11) is -3.81. The molecule has 88 valence electrons. The summed E-state index contributed by atoms with van der Waals surface area (Å²) in [5.74, 6) is -0.192. The Kier molecular flexibility index (Phi) is 2.84. The largest absolute Gasteiger partial charge is 0.300 e. The van der Waals surface area contributed by atoms with Crippen LogP contribution in [-0.4, -0.2) is 18.9 Å². The Balaban J connectivity index is 2.56. The molecule has 0 amide bonds. The first-order valence-corrected chi connectivity index (χ1v) is 7.13. The highest BCUT2D eigenvalue weighted by atomic mass is 79.9. The van der Waals surface area contributed by atoms with Gasteiger partial charge in [0.05, 0.1) is 11.0 Å². The molecule has 0 unspecified atom stereocenters. The van der Waals surface area contributed by atoms with Gasteiger partial charge in [-0.1, -0.05) is 12.1 Å². The zero-order chi connectivity index (χ0) is 12.7. The highest BCUT2D eigenvalue weighted by Gasteiger charge is 2.55. The predicted octanol–water partition coefficient (Wildman–Crippen LogP) is 1.85. The molecule has 0 radical (unpaired) electrons. The number of hydrogen-bond acceptors (Lipinski definition) is 4. The van der Waals surface area contributed by atoms with Crippen molar-refractivity contribution in [1.82, 2.24) is 0 Å². The van der Waals surface area contributed by atoms with E-state index in [1.54, 1.807) is 24.3 Å². The molecule has 0 aromatic heterocycles. The van der Waals surface area contributed by atoms with Crippen molar-refractivity contribution in [3.63, 3.8) is 0 Å². The zero-order valence-corrected chi connectivity index (χ0v) is 11.1. The van der Waals surface area contributed by atoms with E-state index in [-0.39, 0.29) is 23.5 Å². The molecule has 0 saturated heterocycles. The number of carbonyl (C=O) groups is 1. The first kappa shape index (κ1) is 12.3. The Hall–Kier alpha value is -1.19. The SMILES string of the molecule is N#CC1(S(=O)(=O)c2ccccc2Br)CC(=O)C1. The third kappa shape index (κ3) is 1.70. The summed E-state index contributed by atoms with van der Waals surface area (Å²) in [6.07, 6.45) is -0.430. The maximum Gasteiger partial charge on any atom is 0.199 e. The van der Waals surface area contributed by atoms with Gasteiger partial charge in [0.15, 0.2) is 14.6 Å². The average molecular weight is 314 g/mol. The van der Waals surface area contributed by atoms with Gasteiger partial charge in [-0.15, -0.1) is 0 Å². The molecule has 1 saturated carbocycles. The lowest BCUT2D eigenvalue weighted by Crippen LogP contribution is -2.49. The van der Waals surface area contributed by atoms with E-state index in [0.717, 1.165) is 0 Å². The first-order chi connectivity index (χ1) is 7.93. The number of Topliss-reactive ketones (excluding diaryl/α,β-unsaturated/α-hetero) is 1. The van der Waals surface area contributed by atoms with Gasteiger partial charge in [-0.3, -0.25) is 4.79 Å². The van der Waals surface area contributed by atoms with Gasteiger partial charge >= 0.3 is 0 Å².